The third-order valence-electron chi connectivity index (χ3n) is 3.23. The highest BCUT2D eigenvalue weighted by Gasteiger charge is 2.07. The Morgan fingerprint density at radius 3 is 2.81 bits per heavy atom. The van der Waals surface area contributed by atoms with Crippen molar-refractivity contribution < 1.29 is 4.74 Å². The highest BCUT2D eigenvalue weighted by Crippen LogP contribution is 2.06. The van der Waals surface area contributed by atoms with E-state index in [1.165, 1.54) is 5.56 Å². The highest BCUT2D eigenvalue weighted by molar-refractivity contribution is 5.14. The van der Waals surface area contributed by atoms with Gasteiger partial charge < -0.3 is 14.6 Å². The molecule has 0 saturated carbocycles. The quantitative estimate of drug-likeness (QED) is 0.850. The number of benzene rings is 1. The topological polar surface area (TPSA) is 41.1 Å². The van der Waals surface area contributed by atoms with E-state index in [0.717, 1.165) is 24.5 Å². The minimum atomic E-state index is 0.0158. The number of aryl methyl sites for hydroxylation is 1. The van der Waals surface area contributed by atoms with Gasteiger partial charge in [-0.15, -0.1) is 0 Å². The molecule has 111 valence electrons. The van der Waals surface area contributed by atoms with Crippen molar-refractivity contribution in [3.63, 3.8) is 0 Å². The van der Waals surface area contributed by atoms with E-state index < -0.39 is 0 Å². The standard InChI is InChI=1S/C17H22N3O/c1-14-12-18-17(19-14)11-16(21-3)9-10-20(2)13-15-7-5-4-6-8-15/h5-10,12,16H,11,13H2,1-3H3,(H,18,19)/b10-9-. The second-order valence-electron chi connectivity index (χ2n) is 5.13. The Balaban J connectivity index is 1.88. The number of aromatic nitrogens is 2. The fourth-order valence-electron chi connectivity index (χ4n) is 2.10. The van der Waals surface area contributed by atoms with E-state index in [4.69, 9.17) is 4.74 Å². The second-order valence-corrected chi connectivity index (χ2v) is 5.13. The molecule has 1 aromatic carbocycles. The molecule has 21 heavy (non-hydrogen) atoms. The lowest BCUT2D eigenvalue weighted by Gasteiger charge is -2.16. The molecular formula is C17H22N3O. The average molecular weight is 284 g/mol. The maximum absolute atomic E-state index is 5.49. The summed E-state index contributed by atoms with van der Waals surface area (Å²) < 4.78 is 5.49. The van der Waals surface area contributed by atoms with E-state index in [1.54, 1.807) is 7.11 Å². The number of rotatable bonds is 7. The Labute approximate surface area is 126 Å². The molecule has 0 spiro atoms. The number of imidazole rings is 1. The molecule has 1 unspecified atom stereocenters. The van der Waals surface area contributed by atoms with Crippen molar-refractivity contribution in [2.75, 3.05) is 14.2 Å². The Hall–Kier alpha value is -2.07. The average Bonchev–Trinajstić information content (AvgIpc) is 2.89. The van der Waals surface area contributed by atoms with Gasteiger partial charge in [0.25, 0.3) is 0 Å². The molecular weight excluding hydrogens is 262 g/mol. The van der Waals surface area contributed by atoms with Gasteiger partial charge in [-0.3, -0.25) is 0 Å². The van der Waals surface area contributed by atoms with E-state index in [9.17, 15) is 0 Å². The molecule has 0 bridgehead atoms. The number of nitrogens with zero attached hydrogens (tertiary/aromatic N) is 2. The highest BCUT2D eigenvalue weighted by atomic mass is 16.5. The molecule has 0 aliphatic rings. The van der Waals surface area contributed by atoms with Crippen molar-refractivity contribution in [2.24, 2.45) is 0 Å². The third-order valence-corrected chi connectivity index (χ3v) is 3.23. The molecule has 0 aliphatic heterocycles. The first-order chi connectivity index (χ1) is 10.2. The Kier molecular flexibility index (Phi) is 5.58. The van der Waals surface area contributed by atoms with Gasteiger partial charge in [0.2, 0.25) is 0 Å². The van der Waals surface area contributed by atoms with E-state index in [0.29, 0.717) is 0 Å². The Bertz CT molecular complexity index is 562. The predicted octanol–water partition coefficient (Wildman–Crippen LogP) is 2.72. The zero-order valence-electron chi connectivity index (χ0n) is 12.8. The molecule has 1 radical (unpaired) electrons. The van der Waals surface area contributed by atoms with Crippen LogP contribution < -0.4 is 0 Å². The van der Waals surface area contributed by atoms with Crippen molar-refractivity contribution in [1.29, 1.82) is 0 Å². The molecule has 1 heterocycles. The van der Waals surface area contributed by atoms with E-state index in [2.05, 4.69) is 52.4 Å². The van der Waals surface area contributed by atoms with Gasteiger partial charge in [0.1, 0.15) is 5.82 Å². The number of H-pyrrole nitrogens is 1. The monoisotopic (exact) mass is 284 g/mol. The number of ether oxygens (including phenoxy) is 1. The Morgan fingerprint density at radius 2 is 2.19 bits per heavy atom. The first kappa shape index (κ1) is 15.3. The lowest BCUT2D eigenvalue weighted by Crippen LogP contribution is -2.15. The third kappa shape index (κ3) is 5.08. The van der Waals surface area contributed by atoms with Gasteiger partial charge in [-0.05, 0) is 30.8 Å². The maximum Gasteiger partial charge on any atom is 0.109 e. The fourth-order valence-corrected chi connectivity index (χ4v) is 2.10. The lowest BCUT2D eigenvalue weighted by molar-refractivity contribution is 0.138. The Morgan fingerprint density at radius 1 is 1.43 bits per heavy atom. The first-order valence-electron chi connectivity index (χ1n) is 7.04. The van der Waals surface area contributed by atoms with Crippen LogP contribution in [0.25, 0.3) is 0 Å². The van der Waals surface area contributed by atoms with Gasteiger partial charge in [-0.1, -0.05) is 24.3 Å². The minimum absolute atomic E-state index is 0.0158. The van der Waals surface area contributed by atoms with Crippen molar-refractivity contribution in [1.82, 2.24) is 14.9 Å². The van der Waals surface area contributed by atoms with Crippen molar-refractivity contribution in [2.45, 2.75) is 26.0 Å². The van der Waals surface area contributed by atoms with Crippen molar-refractivity contribution >= 4 is 0 Å². The zero-order valence-corrected chi connectivity index (χ0v) is 12.8. The summed E-state index contributed by atoms with van der Waals surface area (Å²) in [5.41, 5.74) is 2.26. The number of hydrogen-bond acceptors (Lipinski definition) is 3. The number of nitrogens with one attached hydrogen (secondary N) is 1. The molecule has 4 nitrogen and oxygen atoms in total. The van der Waals surface area contributed by atoms with Crippen LogP contribution in [0.15, 0.2) is 42.7 Å². The predicted molar refractivity (Wildman–Crippen MR) is 83.7 cm³/mol. The van der Waals surface area contributed by atoms with Gasteiger partial charge in [0.15, 0.2) is 0 Å². The fraction of sp³-hybridized carbons (Fsp3) is 0.353. The smallest absolute Gasteiger partial charge is 0.109 e. The SMILES string of the molecule is COC(/C=C\N(C)Cc1cc[c]cc1)Cc1nc(C)c[nH]1. The van der Waals surface area contributed by atoms with Gasteiger partial charge in [-0.25, -0.2) is 4.98 Å². The summed E-state index contributed by atoms with van der Waals surface area (Å²) in [7, 11) is 3.77. The van der Waals surface area contributed by atoms with Crippen LogP contribution in [0.3, 0.4) is 0 Å². The van der Waals surface area contributed by atoms with Gasteiger partial charge in [0, 0.05) is 33.3 Å². The van der Waals surface area contributed by atoms with Crippen LogP contribution in [-0.4, -0.2) is 35.1 Å². The van der Waals surface area contributed by atoms with E-state index in [1.807, 2.05) is 25.3 Å². The largest absolute Gasteiger partial charge is 0.377 e. The molecule has 0 amide bonds. The molecule has 2 aromatic rings. The molecule has 1 N–H and O–H groups in total. The van der Waals surface area contributed by atoms with Gasteiger partial charge in [0.05, 0.1) is 11.8 Å². The summed E-state index contributed by atoms with van der Waals surface area (Å²) in [4.78, 5) is 9.70. The van der Waals surface area contributed by atoms with Crippen LogP contribution in [0.4, 0.5) is 0 Å². The van der Waals surface area contributed by atoms with Crippen LogP contribution in [0.2, 0.25) is 0 Å². The van der Waals surface area contributed by atoms with Crippen molar-refractivity contribution in [3.8, 4) is 0 Å². The summed E-state index contributed by atoms with van der Waals surface area (Å²) in [6.45, 7) is 2.84. The van der Waals surface area contributed by atoms with Crippen molar-refractivity contribution in [3.05, 3.63) is 65.9 Å². The van der Waals surface area contributed by atoms with Crippen LogP contribution in [0, 0.1) is 13.0 Å². The molecule has 1 aromatic heterocycles. The lowest BCUT2D eigenvalue weighted by atomic mass is 10.2. The molecule has 1 atom stereocenters. The molecule has 0 aliphatic carbocycles. The molecule has 2 rings (SSSR count). The number of methoxy groups -OCH3 is 1. The summed E-state index contributed by atoms with van der Waals surface area (Å²) in [6.07, 6.45) is 6.79. The molecule has 0 fully saturated rings. The zero-order chi connectivity index (χ0) is 15.1. The number of hydrogen-bond donors (Lipinski definition) is 1. The summed E-state index contributed by atoms with van der Waals surface area (Å²) in [5, 5.41) is 0. The first-order valence-corrected chi connectivity index (χ1v) is 7.04. The molecule has 4 heteroatoms. The van der Waals surface area contributed by atoms with Crippen LogP contribution in [0.1, 0.15) is 17.1 Å². The number of aromatic amines is 1. The summed E-state index contributed by atoms with van der Waals surface area (Å²) in [5.74, 6) is 0.949. The van der Waals surface area contributed by atoms with E-state index >= 15 is 0 Å². The van der Waals surface area contributed by atoms with Gasteiger partial charge >= 0.3 is 0 Å². The second kappa shape index (κ2) is 7.64. The maximum atomic E-state index is 5.49. The summed E-state index contributed by atoms with van der Waals surface area (Å²) >= 11 is 0. The van der Waals surface area contributed by atoms with Gasteiger partial charge in [-0.2, -0.15) is 0 Å². The molecule has 0 saturated heterocycles. The van der Waals surface area contributed by atoms with Crippen LogP contribution in [-0.2, 0) is 17.7 Å². The van der Waals surface area contributed by atoms with Crippen LogP contribution >= 0.6 is 0 Å². The van der Waals surface area contributed by atoms with Crippen LogP contribution in [0.5, 0.6) is 0 Å². The van der Waals surface area contributed by atoms with E-state index in [-0.39, 0.29) is 6.10 Å². The normalized spacial score (nSPS) is 12.7. The minimum Gasteiger partial charge on any atom is -0.377 e. The summed E-state index contributed by atoms with van der Waals surface area (Å²) in [6, 6.07) is 11.0.